The summed E-state index contributed by atoms with van der Waals surface area (Å²) >= 11 is 0. The second kappa shape index (κ2) is 11.1. The molecule has 14 unspecified atom stereocenters. The van der Waals surface area contributed by atoms with Gasteiger partial charge < -0.3 is 44.2 Å². The van der Waals surface area contributed by atoms with Crippen molar-refractivity contribution in [3.8, 4) is 0 Å². The number of aliphatic hydroxyl groups excluding tert-OH is 2. The number of esters is 2. The minimum Gasteiger partial charge on any atom is -0.469 e. The van der Waals surface area contributed by atoms with Crippen molar-refractivity contribution in [2.24, 2.45) is 39.9 Å². The molecular formula is C38H52N2O10. The molecule has 1 aromatic rings. The summed E-state index contributed by atoms with van der Waals surface area (Å²) in [4.78, 5) is 41.0. The van der Waals surface area contributed by atoms with Crippen LogP contribution in [-0.2, 0) is 39.8 Å². The highest BCUT2D eigenvalue weighted by atomic mass is 16.7. The maximum absolute atomic E-state index is 14.5. The van der Waals surface area contributed by atoms with E-state index < -0.39 is 69.9 Å². The van der Waals surface area contributed by atoms with Gasteiger partial charge in [-0.15, -0.1) is 0 Å². The van der Waals surface area contributed by atoms with Gasteiger partial charge in [0.1, 0.15) is 30.2 Å². The SMILES string of the molecule is CC1(C)OC2CC(=O)OCC23C1C(=O)C(O)C1(C)C3CCC2(C)C(c3ccoc3CC3CC(CCC4CNCN4)CCC3O)OC(=O)C3OC321. The Labute approximate surface area is 292 Å². The van der Waals surface area contributed by atoms with Crippen LogP contribution in [0.3, 0.4) is 0 Å². The van der Waals surface area contributed by atoms with Crippen LogP contribution < -0.4 is 10.6 Å². The lowest BCUT2D eigenvalue weighted by Gasteiger charge is -2.66. The number of fused-ring (bicyclic) bond motifs is 1. The monoisotopic (exact) mass is 696 g/mol. The van der Waals surface area contributed by atoms with Crippen molar-refractivity contribution < 1.29 is 48.0 Å². The minimum absolute atomic E-state index is 0.0121. The van der Waals surface area contributed by atoms with Gasteiger partial charge in [0, 0.05) is 47.5 Å². The number of carbonyl (C=O) groups is 3. The molecule has 9 rings (SSSR count). The first kappa shape index (κ1) is 33.5. The van der Waals surface area contributed by atoms with E-state index in [1.807, 2.05) is 26.8 Å². The maximum atomic E-state index is 14.5. The van der Waals surface area contributed by atoms with Gasteiger partial charge in [-0.1, -0.05) is 13.8 Å². The van der Waals surface area contributed by atoms with Gasteiger partial charge >= 0.3 is 11.9 Å². The Balaban J connectivity index is 1.04. The lowest BCUT2D eigenvalue weighted by atomic mass is 9.36. The zero-order chi connectivity index (χ0) is 35.0. The predicted octanol–water partition coefficient (Wildman–Crippen LogP) is 2.73. The fourth-order valence-corrected chi connectivity index (χ4v) is 13.1. The number of ketones is 1. The zero-order valence-corrected chi connectivity index (χ0v) is 29.6. The Morgan fingerprint density at radius 1 is 1.00 bits per heavy atom. The Morgan fingerprint density at radius 2 is 1.82 bits per heavy atom. The third kappa shape index (κ3) is 4.23. The minimum atomic E-state index is -1.42. The number of aliphatic hydroxyl groups is 2. The Morgan fingerprint density at radius 3 is 2.60 bits per heavy atom. The van der Waals surface area contributed by atoms with E-state index in [1.54, 1.807) is 6.26 Å². The van der Waals surface area contributed by atoms with Crippen LogP contribution in [-0.4, -0.2) is 89.4 Å². The van der Waals surface area contributed by atoms with Gasteiger partial charge in [-0.3, -0.25) is 9.59 Å². The summed E-state index contributed by atoms with van der Waals surface area (Å²) in [6.45, 7) is 9.57. The summed E-state index contributed by atoms with van der Waals surface area (Å²) in [5.74, 6) is -0.990. The van der Waals surface area contributed by atoms with Crippen LogP contribution in [0.2, 0.25) is 0 Å². The normalized spacial score (nSPS) is 50.3. The molecular weight excluding hydrogens is 644 g/mol. The topological polar surface area (TPSA) is 169 Å². The average molecular weight is 697 g/mol. The number of rotatable bonds is 6. The van der Waals surface area contributed by atoms with Crippen molar-refractivity contribution in [2.75, 3.05) is 19.8 Å². The Bertz CT molecular complexity index is 1590. The van der Waals surface area contributed by atoms with Crippen LogP contribution in [0.4, 0.5) is 0 Å². The molecule has 8 aliphatic rings. The maximum Gasteiger partial charge on any atom is 0.339 e. The van der Waals surface area contributed by atoms with Gasteiger partial charge in [-0.05, 0) is 82.6 Å². The van der Waals surface area contributed by atoms with Crippen molar-refractivity contribution in [1.29, 1.82) is 0 Å². The molecule has 0 aromatic carbocycles. The third-order valence-electron chi connectivity index (χ3n) is 15.2. The van der Waals surface area contributed by atoms with E-state index in [2.05, 4.69) is 17.6 Å². The predicted molar refractivity (Wildman–Crippen MR) is 175 cm³/mol. The van der Waals surface area contributed by atoms with E-state index in [9.17, 15) is 24.6 Å². The molecule has 6 heterocycles. The van der Waals surface area contributed by atoms with Gasteiger partial charge in [-0.2, -0.15) is 0 Å². The molecule has 274 valence electrons. The smallest absolute Gasteiger partial charge is 0.339 e. The second-order valence-corrected chi connectivity index (χ2v) is 17.9. The number of ether oxygens (including phenoxy) is 4. The van der Waals surface area contributed by atoms with Crippen molar-refractivity contribution in [2.45, 2.75) is 133 Å². The molecule has 2 spiro atoms. The van der Waals surface area contributed by atoms with E-state index in [0.717, 1.165) is 50.9 Å². The number of hydrogen-bond donors (Lipinski definition) is 4. The molecule has 5 aliphatic heterocycles. The number of epoxide rings is 1. The first-order chi connectivity index (χ1) is 23.8. The largest absolute Gasteiger partial charge is 0.469 e. The number of furan rings is 1. The molecule has 0 bridgehead atoms. The molecule has 12 nitrogen and oxygen atoms in total. The number of cyclic esters (lactones) is 2. The molecule has 5 saturated heterocycles. The zero-order valence-electron chi connectivity index (χ0n) is 29.6. The van der Waals surface area contributed by atoms with Gasteiger partial charge in [0.25, 0.3) is 0 Å². The summed E-state index contributed by atoms with van der Waals surface area (Å²) in [6.07, 6.45) is 4.15. The lowest BCUT2D eigenvalue weighted by Crippen LogP contribution is -2.76. The molecule has 3 saturated carbocycles. The van der Waals surface area contributed by atoms with E-state index >= 15 is 0 Å². The summed E-state index contributed by atoms with van der Waals surface area (Å²) in [5.41, 5.74) is -4.22. The van der Waals surface area contributed by atoms with Gasteiger partial charge in [0.15, 0.2) is 11.9 Å². The van der Waals surface area contributed by atoms with Crippen LogP contribution >= 0.6 is 0 Å². The van der Waals surface area contributed by atoms with E-state index in [4.69, 9.17) is 23.4 Å². The van der Waals surface area contributed by atoms with Crippen molar-refractivity contribution >= 4 is 17.7 Å². The van der Waals surface area contributed by atoms with Crippen LogP contribution in [0, 0.1) is 39.9 Å². The molecule has 0 radical (unpaired) electrons. The summed E-state index contributed by atoms with van der Waals surface area (Å²) in [5, 5.41) is 30.3. The second-order valence-electron chi connectivity index (χ2n) is 17.9. The van der Waals surface area contributed by atoms with E-state index in [0.29, 0.717) is 37.0 Å². The molecule has 4 N–H and O–H groups in total. The number of carbonyl (C=O) groups excluding carboxylic acids is 3. The standard InChI is InChI=1S/C38H52N2O10/c1-34(2)29-28(43)30(44)36(4)25(37(29)17-47-27(42)15-26(37)49-34)9-11-35(3)31(48-33(45)32-38(35,36)50-32)22-10-12-46-24(22)14-20-13-19(6-8-23(20)41)5-7-21-16-39-18-40-21/h10,12,19-21,23,25-26,29-32,39-41,44H,5-9,11,13-18H2,1-4H3. The van der Waals surface area contributed by atoms with Gasteiger partial charge in [0.2, 0.25) is 0 Å². The molecule has 1 aromatic heterocycles. The Hall–Kier alpha value is -2.35. The highest BCUT2D eigenvalue weighted by Crippen LogP contribution is 2.80. The van der Waals surface area contributed by atoms with Crippen molar-refractivity contribution in [3.05, 3.63) is 23.7 Å². The van der Waals surface area contributed by atoms with Crippen molar-refractivity contribution in [3.63, 3.8) is 0 Å². The number of hydrogen-bond acceptors (Lipinski definition) is 12. The highest BCUT2D eigenvalue weighted by molar-refractivity contribution is 5.92. The van der Waals surface area contributed by atoms with Crippen LogP contribution in [0.25, 0.3) is 0 Å². The van der Waals surface area contributed by atoms with Crippen LogP contribution in [0.1, 0.15) is 96.5 Å². The van der Waals surface area contributed by atoms with Crippen LogP contribution in [0.15, 0.2) is 16.7 Å². The molecule has 14 atom stereocenters. The first-order valence-electron chi connectivity index (χ1n) is 18.9. The van der Waals surface area contributed by atoms with Crippen LogP contribution in [0.5, 0.6) is 0 Å². The molecule has 50 heavy (non-hydrogen) atoms. The summed E-state index contributed by atoms with van der Waals surface area (Å²) < 4.78 is 31.3. The number of nitrogens with one attached hydrogen (secondary N) is 2. The van der Waals surface area contributed by atoms with E-state index in [-0.39, 0.29) is 36.6 Å². The molecule has 3 aliphatic carbocycles. The van der Waals surface area contributed by atoms with Crippen molar-refractivity contribution in [1.82, 2.24) is 10.6 Å². The fourth-order valence-electron chi connectivity index (χ4n) is 13.1. The average Bonchev–Trinajstić information content (AvgIpc) is 3.31. The fraction of sp³-hybridized carbons (Fsp3) is 0.816. The van der Waals surface area contributed by atoms with Gasteiger partial charge in [-0.25, -0.2) is 4.79 Å². The Kier molecular flexibility index (Phi) is 7.42. The number of Topliss-reactive ketones (excluding diaryl/α,β-unsaturated/α-hetero) is 1. The third-order valence-corrected chi connectivity index (χ3v) is 15.2. The molecule has 0 amide bonds. The highest BCUT2D eigenvalue weighted by Gasteiger charge is 2.90. The molecule has 8 fully saturated rings. The molecule has 12 heteroatoms. The van der Waals surface area contributed by atoms with Gasteiger partial charge in [0.05, 0.1) is 36.4 Å². The summed E-state index contributed by atoms with van der Waals surface area (Å²) in [6, 6.07) is 2.36. The lowest BCUT2D eigenvalue weighted by molar-refractivity contribution is -0.252. The first-order valence-corrected chi connectivity index (χ1v) is 18.9. The van der Waals surface area contributed by atoms with E-state index in [1.165, 1.54) is 0 Å². The summed E-state index contributed by atoms with van der Waals surface area (Å²) in [7, 11) is 0. The quantitative estimate of drug-likeness (QED) is 0.254.